The number of nitrogens with two attached hydrogens (primary N) is 1. The summed E-state index contributed by atoms with van der Waals surface area (Å²) >= 11 is 0. The highest BCUT2D eigenvalue weighted by Crippen LogP contribution is 2.23. The summed E-state index contributed by atoms with van der Waals surface area (Å²) in [4.78, 5) is 11.0. The van der Waals surface area contributed by atoms with Crippen LogP contribution in [0.5, 0.6) is 0 Å². The van der Waals surface area contributed by atoms with Crippen molar-refractivity contribution in [2.45, 2.75) is 26.3 Å². The molecule has 2 aromatic heterocycles. The van der Waals surface area contributed by atoms with Crippen LogP contribution in [-0.4, -0.2) is 39.3 Å². The van der Waals surface area contributed by atoms with Crippen LogP contribution in [0.4, 0.5) is 5.95 Å². The molecule has 0 aromatic carbocycles. The average molecular weight is 272 g/mol. The third-order valence-electron chi connectivity index (χ3n) is 4.03. The Bertz CT molecular complexity index is 593. The van der Waals surface area contributed by atoms with Crippen molar-refractivity contribution in [2.75, 3.05) is 18.0 Å². The normalized spacial score (nSPS) is 23.1. The maximum absolute atomic E-state index is 6.13. The first-order chi connectivity index (χ1) is 9.65. The smallest absolute Gasteiger partial charge is 0.245 e. The first-order valence-electron chi connectivity index (χ1n) is 7.00. The van der Waals surface area contributed by atoms with Crippen LogP contribution in [0.1, 0.15) is 19.0 Å². The summed E-state index contributed by atoms with van der Waals surface area (Å²) < 4.78 is 0. The van der Waals surface area contributed by atoms with Gasteiger partial charge >= 0.3 is 0 Å². The number of hydrogen-bond acceptors (Lipinski definition) is 5. The molecule has 2 atom stereocenters. The second-order valence-electron chi connectivity index (χ2n) is 5.50. The van der Waals surface area contributed by atoms with Gasteiger partial charge < -0.3 is 10.6 Å². The Balaban J connectivity index is 1.82. The molecule has 20 heavy (non-hydrogen) atoms. The van der Waals surface area contributed by atoms with Gasteiger partial charge in [0.15, 0.2) is 5.82 Å². The van der Waals surface area contributed by atoms with Gasteiger partial charge in [0, 0.05) is 36.6 Å². The van der Waals surface area contributed by atoms with Gasteiger partial charge in [-0.05, 0) is 31.4 Å². The topological polar surface area (TPSA) is 83.7 Å². The van der Waals surface area contributed by atoms with E-state index in [0.29, 0.717) is 5.92 Å². The Hall–Kier alpha value is -1.95. The molecule has 0 radical (unpaired) electrons. The summed E-state index contributed by atoms with van der Waals surface area (Å²) in [5.74, 6) is 2.05. The molecular weight excluding hydrogens is 252 g/mol. The van der Waals surface area contributed by atoms with E-state index in [1.54, 1.807) is 6.20 Å². The molecule has 2 aromatic rings. The molecule has 0 amide bonds. The number of piperidine rings is 1. The lowest BCUT2D eigenvalue weighted by Crippen LogP contribution is -2.48. The van der Waals surface area contributed by atoms with Crippen molar-refractivity contribution in [3.8, 4) is 11.4 Å². The molecule has 1 fully saturated rings. The van der Waals surface area contributed by atoms with Gasteiger partial charge in [0.05, 0.1) is 0 Å². The van der Waals surface area contributed by atoms with Gasteiger partial charge in [-0.3, -0.25) is 10.1 Å². The highest BCUT2D eigenvalue weighted by atomic mass is 15.4. The lowest BCUT2D eigenvalue weighted by molar-refractivity contribution is 0.376. The quantitative estimate of drug-likeness (QED) is 0.862. The van der Waals surface area contributed by atoms with E-state index in [4.69, 9.17) is 5.73 Å². The first-order valence-corrected chi connectivity index (χ1v) is 7.00. The van der Waals surface area contributed by atoms with Gasteiger partial charge in [0.25, 0.3) is 0 Å². The zero-order chi connectivity index (χ0) is 14.1. The van der Waals surface area contributed by atoms with Crippen molar-refractivity contribution in [2.24, 2.45) is 11.7 Å². The second kappa shape index (κ2) is 5.20. The van der Waals surface area contributed by atoms with Crippen LogP contribution in [0.3, 0.4) is 0 Å². The highest BCUT2D eigenvalue weighted by molar-refractivity contribution is 5.58. The molecule has 2 unspecified atom stereocenters. The fourth-order valence-electron chi connectivity index (χ4n) is 2.53. The number of pyridine rings is 1. The molecule has 0 bridgehead atoms. The van der Waals surface area contributed by atoms with Crippen LogP contribution < -0.4 is 10.6 Å². The van der Waals surface area contributed by atoms with Crippen molar-refractivity contribution in [3.63, 3.8) is 0 Å². The molecule has 6 heteroatoms. The number of nitrogens with one attached hydrogen (secondary N) is 1. The van der Waals surface area contributed by atoms with E-state index in [0.717, 1.165) is 42.5 Å². The Morgan fingerprint density at radius 3 is 3.05 bits per heavy atom. The van der Waals surface area contributed by atoms with Gasteiger partial charge in [-0.25, -0.2) is 0 Å². The molecule has 1 aliphatic heterocycles. The summed E-state index contributed by atoms with van der Waals surface area (Å²) in [6, 6.07) is 4.09. The van der Waals surface area contributed by atoms with Crippen LogP contribution in [0.2, 0.25) is 0 Å². The number of hydrogen-bond donors (Lipinski definition) is 2. The van der Waals surface area contributed by atoms with Gasteiger partial charge in [0.1, 0.15) is 0 Å². The molecule has 3 N–H and O–H groups in total. The molecule has 3 rings (SSSR count). The second-order valence-corrected chi connectivity index (χ2v) is 5.50. The van der Waals surface area contributed by atoms with E-state index < -0.39 is 0 Å². The van der Waals surface area contributed by atoms with Crippen molar-refractivity contribution in [1.82, 2.24) is 20.2 Å². The van der Waals surface area contributed by atoms with Crippen molar-refractivity contribution >= 4 is 5.95 Å². The van der Waals surface area contributed by atoms with Crippen molar-refractivity contribution in [1.29, 1.82) is 0 Å². The van der Waals surface area contributed by atoms with Crippen LogP contribution in [-0.2, 0) is 0 Å². The standard InChI is InChI=1S/C14H20N6/c1-9-5-7-20(8-12(9)15)14-17-13(18-19-14)11-4-3-6-16-10(11)2/h3-4,6,9,12H,5,7-8,15H2,1-2H3,(H,17,18,19). The lowest BCUT2D eigenvalue weighted by Gasteiger charge is -2.34. The zero-order valence-corrected chi connectivity index (χ0v) is 11.9. The van der Waals surface area contributed by atoms with Crippen molar-refractivity contribution in [3.05, 3.63) is 24.0 Å². The molecule has 0 saturated carbocycles. The van der Waals surface area contributed by atoms with Gasteiger partial charge in [-0.2, -0.15) is 4.98 Å². The minimum absolute atomic E-state index is 0.186. The Morgan fingerprint density at radius 2 is 2.30 bits per heavy atom. The van der Waals surface area contributed by atoms with E-state index >= 15 is 0 Å². The van der Waals surface area contributed by atoms with E-state index in [1.165, 1.54) is 0 Å². The summed E-state index contributed by atoms with van der Waals surface area (Å²) in [6.45, 7) is 5.93. The Morgan fingerprint density at radius 1 is 1.45 bits per heavy atom. The SMILES string of the molecule is Cc1ncccc1-c1nc(N2CCC(C)C(N)C2)n[nH]1. The molecule has 3 heterocycles. The third kappa shape index (κ3) is 2.38. The predicted molar refractivity (Wildman–Crippen MR) is 78.3 cm³/mol. The third-order valence-corrected chi connectivity index (χ3v) is 4.03. The number of aromatic nitrogens is 4. The molecule has 1 saturated heterocycles. The monoisotopic (exact) mass is 272 g/mol. The number of aryl methyl sites for hydroxylation is 1. The molecule has 6 nitrogen and oxygen atoms in total. The van der Waals surface area contributed by atoms with Crippen LogP contribution >= 0.6 is 0 Å². The van der Waals surface area contributed by atoms with Crippen molar-refractivity contribution < 1.29 is 0 Å². The Kier molecular flexibility index (Phi) is 3.40. The lowest BCUT2D eigenvalue weighted by atomic mass is 9.95. The Labute approximate surface area is 118 Å². The maximum atomic E-state index is 6.13. The fourth-order valence-corrected chi connectivity index (χ4v) is 2.53. The molecule has 0 aliphatic carbocycles. The van der Waals surface area contributed by atoms with E-state index in [9.17, 15) is 0 Å². The van der Waals surface area contributed by atoms with Gasteiger partial charge in [-0.15, -0.1) is 5.10 Å². The minimum atomic E-state index is 0.186. The maximum Gasteiger partial charge on any atom is 0.245 e. The summed E-state index contributed by atoms with van der Waals surface area (Å²) in [5.41, 5.74) is 8.06. The number of H-pyrrole nitrogens is 1. The molecular formula is C14H20N6. The van der Waals surface area contributed by atoms with E-state index in [1.807, 2.05) is 19.1 Å². The first kappa shape index (κ1) is 13.1. The zero-order valence-electron chi connectivity index (χ0n) is 11.9. The number of rotatable bonds is 2. The van der Waals surface area contributed by atoms with E-state index in [-0.39, 0.29) is 6.04 Å². The van der Waals surface area contributed by atoms with Crippen LogP contribution in [0.25, 0.3) is 11.4 Å². The predicted octanol–water partition coefficient (Wildman–Crippen LogP) is 1.35. The summed E-state index contributed by atoms with van der Waals surface area (Å²) in [5, 5.41) is 7.33. The molecule has 0 spiro atoms. The number of anilines is 1. The highest BCUT2D eigenvalue weighted by Gasteiger charge is 2.25. The van der Waals surface area contributed by atoms with E-state index in [2.05, 4.69) is 32.0 Å². The van der Waals surface area contributed by atoms with Gasteiger partial charge in [0.2, 0.25) is 5.95 Å². The molecule has 1 aliphatic rings. The summed E-state index contributed by atoms with van der Waals surface area (Å²) in [6.07, 6.45) is 2.86. The number of aromatic amines is 1. The van der Waals surface area contributed by atoms with Crippen LogP contribution in [0.15, 0.2) is 18.3 Å². The largest absolute Gasteiger partial charge is 0.338 e. The number of nitrogens with zero attached hydrogens (tertiary/aromatic N) is 4. The minimum Gasteiger partial charge on any atom is -0.338 e. The average Bonchev–Trinajstić information content (AvgIpc) is 2.92. The molecule has 106 valence electrons. The fraction of sp³-hybridized carbons (Fsp3) is 0.500. The van der Waals surface area contributed by atoms with Gasteiger partial charge in [-0.1, -0.05) is 6.92 Å². The van der Waals surface area contributed by atoms with Crippen LogP contribution in [0, 0.1) is 12.8 Å². The summed E-state index contributed by atoms with van der Waals surface area (Å²) in [7, 11) is 0.